The Morgan fingerprint density at radius 2 is 1.82 bits per heavy atom. The Hall–Kier alpha value is -0.230. The van der Waals surface area contributed by atoms with Gasteiger partial charge in [0.2, 0.25) is 0 Å². The molecule has 1 aliphatic heterocycles. The first-order valence-electron chi connectivity index (χ1n) is 6.53. The molecule has 1 saturated heterocycles. The second kappa shape index (κ2) is 8.80. The fourth-order valence-corrected chi connectivity index (χ4v) is 2.12. The molecule has 1 fully saturated rings. The van der Waals surface area contributed by atoms with Crippen LogP contribution in [-0.4, -0.2) is 67.3 Å². The van der Waals surface area contributed by atoms with E-state index >= 15 is 0 Å². The van der Waals surface area contributed by atoms with Gasteiger partial charge in [0.25, 0.3) is 0 Å². The Morgan fingerprint density at radius 1 is 1.18 bits per heavy atom. The molecule has 0 spiro atoms. The highest BCUT2D eigenvalue weighted by molar-refractivity contribution is 7.80. The average molecular weight is 259 g/mol. The van der Waals surface area contributed by atoms with Crippen molar-refractivity contribution in [1.82, 2.24) is 9.80 Å². The van der Waals surface area contributed by atoms with Gasteiger partial charge in [-0.15, -0.1) is 0 Å². The van der Waals surface area contributed by atoms with Crippen LogP contribution in [0.25, 0.3) is 0 Å². The predicted octanol–water partition coefficient (Wildman–Crippen LogP) is 0.707. The van der Waals surface area contributed by atoms with Gasteiger partial charge in [0.15, 0.2) is 0 Å². The summed E-state index contributed by atoms with van der Waals surface area (Å²) < 4.78 is 5.57. The molecular formula is C12H25N3OS. The van der Waals surface area contributed by atoms with E-state index < -0.39 is 0 Å². The van der Waals surface area contributed by atoms with E-state index in [1.54, 1.807) is 0 Å². The summed E-state index contributed by atoms with van der Waals surface area (Å²) in [4.78, 5) is 5.36. The lowest BCUT2D eigenvalue weighted by molar-refractivity contribution is 0.0783. The summed E-state index contributed by atoms with van der Waals surface area (Å²) >= 11 is 4.92. The lowest BCUT2D eigenvalue weighted by atomic mass is 10.3. The van der Waals surface area contributed by atoms with Crippen molar-refractivity contribution in [2.24, 2.45) is 5.73 Å². The van der Waals surface area contributed by atoms with Crippen molar-refractivity contribution >= 4 is 17.2 Å². The molecule has 0 aromatic heterocycles. The summed E-state index contributed by atoms with van der Waals surface area (Å²) in [5.41, 5.74) is 5.54. The molecule has 0 amide bonds. The summed E-state index contributed by atoms with van der Waals surface area (Å²) in [6.07, 6.45) is 2.37. The van der Waals surface area contributed by atoms with Gasteiger partial charge >= 0.3 is 0 Å². The number of unbranched alkanes of at least 4 members (excludes halogenated alkanes) is 1. The van der Waals surface area contributed by atoms with E-state index in [2.05, 4.69) is 16.7 Å². The highest BCUT2D eigenvalue weighted by atomic mass is 32.1. The molecule has 5 heteroatoms. The molecule has 17 heavy (non-hydrogen) atoms. The maximum absolute atomic E-state index is 5.57. The summed E-state index contributed by atoms with van der Waals surface area (Å²) in [5.74, 6) is 0. The number of hydrogen-bond donors (Lipinski definition) is 1. The van der Waals surface area contributed by atoms with Crippen molar-refractivity contribution in [1.29, 1.82) is 0 Å². The van der Waals surface area contributed by atoms with Crippen molar-refractivity contribution in [3.63, 3.8) is 0 Å². The van der Waals surface area contributed by atoms with Crippen LogP contribution in [-0.2, 0) is 4.74 Å². The average Bonchev–Trinajstić information content (AvgIpc) is 2.30. The highest BCUT2D eigenvalue weighted by Crippen LogP contribution is 2.01. The predicted molar refractivity (Wildman–Crippen MR) is 75.4 cm³/mol. The van der Waals surface area contributed by atoms with Crippen LogP contribution in [0.1, 0.15) is 19.8 Å². The van der Waals surface area contributed by atoms with Crippen LogP contribution in [0.3, 0.4) is 0 Å². The zero-order valence-electron chi connectivity index (χ0n) is 10.9. The molecule has 0 aromatic rings. The third kappa shape index (κ3) is 6.93. The van der Waals surface area contributed by atoms with Gasteiger partial charge in [-0.05, 0) is 6.42 Å². The zero-order valence-corrected chi connectivity index (χ0v) is 11.7. The molecule has 0 saturated carbocycles. The van der Waals surface area contributed by atoms with Crippen LogP contribution in [0.5, 0.6) is 0 Å². The first kappa shape index (κ1) is 14.8. The molecule has 0 atom stereocenters. The lowest BCUT2D eigenvalue weighted by Crippen LogP contribution is -2.49. The second-order valence-electron chi connectivity index (χ2n) is 4.55. The summed E-state index contributed by atoms with van der Waals surface area (Å²) in [7, 11) is 0. The van der Waals surface area contributed by atoms with E-state index in [0.717, 1.165) is 52.5 Å². The van der Waals surface area contributed by atoms with Gasteiger partial charge in [-0.2, -0.15) is 0 Å². The van der Waals surface area contributed by atoms with E-state index in [9.17, 15) is 0 Å². The SMILES string of the molecule is CCCCOCCN1CCN(CC(N)=S)CC1. The van der Waals surface area contributed by atoms with Crippen LogP contribution < -0.4 is 5.73 Å². The van der Waals surface area contributed by atoms with E-state index in [0.29, 0.717) is 4.99 Å². The van der Waals surface area contributed by atoms with Crippen molar-refractivity contribution in [3.05, 3.63) is 0 Å². The largest absolute Gasteiger partial charge is 0.392 e. The zero-order chi connectivity index (χ0) is 12.5. The maximum atomic E-state index is 5.57. The van der Waals surface area contributed by atoms with Gasteiger partial charge in [0.05, 0.1) is 11.6 Å². The quantitative estimate of drug-likeness (QED) is 0.513. The third-order valence-corrected chi connectivity index (χ3v) is 3.17. The fraction of sp³-hybridized carbons (Fsp3) is 0.917. The molecule has 0 bridgehead atoms. The molecule has 1 aliphatic rings. The fourth-order valence-electron chi connectivity index (χ4n) is 1.93. The van der Waals surface area contributed by atoms with E-state index in [1.807, 2.05) is 0 Å². The molecule has 0 aliphatic carbocycles. The van der Waals surface area contributed by atoms with Gasteiger partial charge < -0.3 is 10.5 Å². The number of nitrogens with two attached hydrogens (primary N) is 1. The van der Waals surface area contributed by atoms with Crippen LogP contribution in [0.2, 0.25) is 0 Å². The van der Waals surface area contributed by atoms with Gasteiger partial charge in [0, 0.05) is 45.9 Å². The van der Waals surface area contributed by atoms with E-state index in [1.165, 1.54) is 12.8 Å². The number of rotatable bonds is 8. The van der Waals surface area contributed by atoms with Crippen LogP contribution >= 0.6 is 12.2 Å². The first-order valence-corrected chi connectivity index (χ1v) is 6.94. The van der Waals surface area contributed by atoms with E-state index in [-0.39, 0.29) is 0 Å². The van der Waals surface area contributed by atoms with E-state index in [4.69, 9.17) is 22.7 Å². The van der Waals surface area contributed by atoms with Gasteiger partial charge in [0.1, 0.15) is 0 Å². The van der Waals surface area contributed by atoms with Crippen molar-refractivity contribution in [3.8, 4) is 0 Å². The standard InChI is InChI=1S/C12H25N3OS/c1-2-3-9-16-10-8-14-4-6-15(7-5-14)11-12(13)17/h2-11H2,1H3,(H2,13,17). The topological polar surface area (TPSA) is 41.7 Å². The van der Waals surface area contributed by atoms with Crippen LogP contribution in [0.15, 0.2) is 0 Å². The normalized spacial score (nSPS) is 18.4. The monoisotopic (exact) mass is 259 g/mol. The lowest BCUT2D eigenvalue weighted by Gasteiger charge is -2.34. The van der Waals surface area contributed by atoms with Crippen LogP contribution in [0.4, 0.5) is 0 Å². The molecule has 4 nitrogen and oxygen atoms in total. The molecule has 1 rings (SSSR count). The minimum Gasteiger partial charge on any atom is -0.392 e. The number of hydrogen-bond acceptors (Lipinski definition) is 4. The Bertz CT molecular complexity index is 218. The molecule has 0 unspecified atom stereocenters. The van der Waals surface area contributed by atoms with Gasteiger partial charge in [-0.25, -0.2) is 0 Å². The number of thiocarbonyl (C=S) groups is 1. The summed E-state index contributed by atoms with van der Waals surface area (Å²) in [6.45, 7) is 10.1. The smallest absolute Gasteiger partial charge is 0.0870 e. The number of piperazine rings is 1. The Morgan fingerprint density at radius 3 is 2.41 bits per heavy atom. The molecule has 1 heterocycles. The molecule has 0 aromatic carbocycles. The van der Waals surface area contributed by atoms with Crippen LogP contribution in [0, 0.1) is 0 Å². The maximum Gasteiger partial charge on any atom is 0.0870 e. The molecule has 100 valence electrons. The minimum atomic E-state index is 0.598. The van der Waals surface area contributed by atoms with Gasteiger partial charge in [-0.1, -0.05) is 25.6 Å². The Balaban J connectivity index is 2.01. The highest BCUT2D eigenvalue weighted by Gasteiger charge is 2.16. The van der Waals surface area contributed by atoms with Gasteiger partial charge in [-0.3, -0.25) is 9.80 Å². The summed E-state index contributed by atoms with van der Waals surface area (Å²) in [5, 5.41) is 0. The molecular weight excluding hydrogens is 234 g/mol. The molecule has 2 N–H and O–H groups in total. The number of ether oxygens (including phenoxy) is 1. The minimum absolute atomic E-state index is 0.598. The Kier molecular flexibility index (Phi) is 7.68. The Labute approximate surface area is 110 Å². The number of nitrogens with zero attached hydrogens (tertiary/aromatic N) is 2. The second-order valence-corrected chi connectivity index (χ2v) is 5.07. The summed E-state index contributed by atoms with van der Waals surface area (Å²) in [6, 6.07) is 0. The van der Waals surface area contributed by atoms with Crippen molar-refractivity contribution < 1.29 is 4.74 Å². The third-order valence-electron chi connectivity index (χ3n) is 3.04. The first-order chi connectivity index (χ1) is 8.22. The molecule has 0 radical (unpaired) electrons. The van der Waals surface area contributed by atoms with Crippen molar-refractivity contribution in [2.75, 3.05) is 52.5 Å². The van der Waals surface area contributed by atoms with Crippen molar-refractivity contribution in [2.45, 2.75) is 19.8 Å².